The first-order chi connectivity index (χ1) is 13.6. The van der Waals surface area contributed by atoms with Gasteiger partial charge < -0.3 is 20.1 Å². The third-order valence-electron chi connectivity index (χ3n) is 5.06. The Morgan fingerprint density at radius 3 is 2.54 bits per heavy atom. The molecule has 0 atom stereocenters. The van der Waals surface area contributed by atoms with Gasteiger partial charge >= 0.3 is 0 Å². The number of aromatic nitrogens is 3. The lowest BCUT2D eigenvalue weighted by molar-refractivity contribution is 0.0889. The fourth-order valence-corrected chi connectivity index (χ4v) is 3.62. The van der Waals surface area contributed by atoms with Crippen LogP contribution in [0.5, 0.6) is 0 Å². The molecule has 0 aliphatic heterocycles. The van der Waals surface area contributed by atoms with E-state index in [1.807, 2.05) is 43.3 Å². The number of benzene rings is 1. The van der Waals surface area contributed by atoms with Crippen LogP contribution in [0.3, 0.4) is 0 Å². The van der Waals surface area contributed by atoms with Crippen LogP contribution >= 0.6 is 0 Å². The Hall–Kier alpha value is -3.16. The average molecular weight is 380 g/mol. The molecule has 1 aliphatic rings. The van der Waals surface area contributed by atoms with Crippen LogP contribution in [-0.2, 0) is 0 Å². The predicted molar refractivity (Wildman–Crippen MR) is 108 cm³/mol. The van der Waals surface area contributed by atoms with Crippen molar-refractivity contribution in [3.05, 3.63) is 42.3 Å². The number of carbonyl (C=O) groups excluding carboxylic acids is 1. The first kappa shape index (κ1) is 18.2. The summed E-state index contributed by atoms with van der Waals surface area (Å²) in [7, 11) is 3.97. The third-order valence-corrected chi connectivity index (χ3v) is 5.06. The molecule has 8 nitrogen and oxygen atoms in total. The molecule has 146 valence electrons. The van der Waals surface area contributed by atoms with Gasteiger partial charge in [-0.1, -0.05) is 17.3 Å². The minimum atomic E-state index is -0.206. The zero-order valence-electron chi connectivity index (χ0n) is 16.1. The van der Waals surface area contributed by atoms with Crippen molar-refractivity contribution in [1.82, 2.24) is 20.4 Å². The van der Waals surface area contributed by atoms with Gasteiger partial charge in [-0.05, 0) is 37.8 Å². The molecule has 1 aliphatic carbocycles. The first-order valence-electron chi connectivity index (χ1n) is 9.52. The second kappa shape index (κ2) is 7.84. The van der Waals surface area contributed by atoms with Crippen LogP contribution in [0.15, 0.2) is 41.1 Å². The lowest BCUT2D eigenvalue weighted by atomic mass is 9.91. The van der Waals surface area contributed by atoms with E-state index in [1.165, 1.54) is 6.20 Å². The molecule has 1 aromatic carbocycles. The van der Waals surface area contributed by atoms with E-state index in [0.717, 1.165) is 42.4 Å². The van der Waals surface area contributed by atoms with E-state index in [0.29, 0.717) is 5.95 Å². The second-order valence-electron chi connectivity index (χ2n) is 7.33. The van der Waals surface area contributed by atoms with Gasteiger partial charge in [0.05, 0.1) is 11.7 Å². The van der Waals surface area contributed by atoms with Crippen LogP contribution in [-0.4, -0.2) is 47.2 Å². The number of rotatable bonds is 5. The monoisotopic (exact) mass is 380 g/mol. The Bertz CT molecular complexity index is 948. The lowest BCUT2D eigenvalue weighted by Gasteiger charge is -2.29. The predicted octanol–water partition coefficient (Wildman–Crippen LogP) is 2.84. The van der Waals surface area contributed by atoms with Crippen molar-refractivity contribution in [2.24, 2.45) is 0 Å². The largest absolute Gasteiger partial charge is 0.362 e. The zero-order valence-corrected chi connectivity index (χ0v) is 16.1. The Kier molecular flexibility index (Phi) is 5.10. The van der Waals surface area contributed by atoms with Crippen molar-refractivity contribution in [2.45, 2.75) is 37.8 Å². The van der Waals surface area contributed by atoms with E-state index in [2.05, 4.69) is 20.8 Å². The summed E-state index contributed by atoms with van der Waals surface area (Å²) in [6.45, 7) is 0. The topological polar surface area (TPSA) is 96.2 Å². The molecule has 0 saturated heterocycles. The summed E-state index contributed by atoms with van der Waals surface area (Å²) in [5.74, 6) is 1.60. The smallest absolute Gasteiger partial charge is 0.290 e. The highest BCUT2D eigenvalue weighted by molar-refractivity contribution is 5.91. The molecule has 0 radical (unpaired) electrons. The SMILES string of the molecule is CN(C)c1nc(N[C@H]2CC[C@@H](NC(=O)c3ccno3)CC2)nc2ccccc12. The lowest BCUT2D eigenvalue weighted by Crippen LogP contribution is -2.40. The van der Waals surface area contributed by atoms with E-state index >= 15 is 0 Å². The molecule has 0 spiro atoms. The summed E-state index contributed by atoms with van der Waals surface area (Å²) in [6, 6.07) is 10.0. The fourth-order valence-electron chi connectivity index (χ4n) is 3.62. The molecule has 3 aromatic rings. The van der Waals surface area contributed by atoms with Crippen molar-refractivity contribution in [3.8, 4) is 0 Å². The third kappa shape index (κ3) is 3.90. The van der Waals surface area contributed by atoms with Gasteiger partial charge in [-0.2, -0.15) is 4.98 Å². The van der Waals surface area contributed by atoms with E-state index in [1.54, 1.807) is 6.07 Å². The molecule has 2 heterocycles. The summed E-state index contributed by atoms with van der Waals surface area (Å²) in [6.07, 6.45) is 5.14. The molecule has 1 amide bonds. The number of hydrogen-bond acceptors (Lipinski definition) is 7. The highest BCUT2D eigenvalue weighted by Gasteiger charge is 2.24. The number of para-hydroxylation sites is 1. The van der Waals surface area contributed by atoms with Crippen molar-refractivity contribution < 1.29 is 9.32 Å². The van der Waals surface area contributed by atoms with Gasteiger partial charge in [0, 0.05) is 37.6 Å². The van der Waals surface area contributed by atoms with Gasteiger partial charge in [0.15, 0.2) is 0 Å². The highest BCUT2D eigenvalue weighted by Crippen LogP contribution is 2.26. The van der Waals surface area contributed by atoms with Crippen LogP contribution in [0.4, 0.5) is 11.8 Å². The van der Waals surface area contributed by atoms with Gasteiger partial charge in [-0.15, -0.1) is 0 Å². The highest BCUT2D eigenvalue weighted by atomic mass is 16.5. The summed E-state index contributed by atoms with van der Waals surface area (Å²) in [5.41, 5.74) is 0.928. The van der Waals surface area contributed by atoms with Crippen molar-refractivity contribution in [3.63, 3.8) is 0 Å². The summed E-state index contributed by atoms with van der Waals surface area (Å²) < 4.78 is 4.91. The quantitative estimate of drug-likeness (QED) is 0.702. The van der Waals surface area contributed by atoms with Gasteiger partial charge in [0.2, 0.25) is 11.7 Å². The van der Waals surface area contributed by atoms with Crippen molar-refractivity contribution in [1.29, 1.82) is 0 Å². The number of amides is 1. The van der Waals surface area contributed by atoms with Crippen LogP contribution in [0.1, 0.15) is 36.2 Å². The number of fused-ring (bicyclic) bond motifs is 1. The molecule has 2 N–H and O–H groups in total. The Balaban J connectivity index is 1.39. The summed E-state index contributed by atoms with van der Waals surface area (Å²) in [4.78, 5) is 23.5. The molecule has 1 fully saturated rings. The Morgan fingerprint density at radius 2 is 1.82 bits per heavy atom. The maximum Gasteiger partial charge on any atom is 0.290 e. The molecule has 0 bridgehead atoms. The minimum Gasteiger partial charge on any atom is -0.362 e. The van der Waals surface area contributed by atoms with E-state index in [-0.39, 0.29) is 23.8 Å². The summed E-state index contributed by atoms with van der Waals surface area (Å²) >= 11 is 0. The average Bonchev–Trinajstić information content (AvgIpc) is 3.24. The number of nitrogens with zero attached hydrogens (tertiary/aromatic N) is 4. The number of nitrogens with one attached hydrogen (secondary N) is 2. The molecular weight excluding hydrogens is 356 g/mol. The zero-order chi connectivity index (χ0) is 19.5. The molecule has 1 saturated carbocycles. The number of anilines is 2. The minimum absolute atomic E-state index is 0.144. The van der Waals surface area contributed by atoms with E-state index < -0.39 is 0 Å². The number of carbonyl (C=O) groups is 1. The van der Waals surface area contributed by atoms with Crippen molar-refractivity contribution in [2.75, 3.05) is 24.3 Å². The maximum absolute atomic E-state index is 12.1. The van der Waals surface area contributed by atoms with E-state index in [9.17, 15) is 4.79 Å². The van der Waals surface area contributed by atoms with Gasteiger partial charge in [-0.25, -0.2) is 4.98 Å². The van der Waals surface area contributed by atoms with Gasteiger partial charge in [-0.3, -0.25) is 4.79 Å². The Labute approximate surface area is 163 Å². The standard InChI is InChI=1S/C20H24N6O2/c1-26(2)18-15-5-3-4-6-16(15)24-20(25-18)23-14-9-7-13(8-10-14)22-19(27)17-11-12-21-28-17/h3-6,11-14H,7-10H2,1-2H3,(H,22,27)(H,23,24,25)/t13-,14+. The van der Waals surface area contributed by atoms with Gasteiger partial charge in [0.1, 0.15) is 5.82 Å². The molecule has 8 heteroatoms. The van der Waals surface area contributed by atoms with Crippen molar-refractivity contribution >= 4 is 28.6 Å². The molecule has 0 unspecified atom stereocenters. The number of hydrogen-bond donors (Lipinski definition) is 2. The summed E-state index contributed by atoms with van der Waals surface area (Å²) in [5, 5.41) is 11.1. The molecule has 2 aromatic heterocycles. The van der Waals surface area contributed by atoms with E-state index in [4.69, 9.17) is 9.51 Å². The van der Waals surface area contributed by atoms with Gasteiger partial charge in [0.25, 0.3) is 5.91 Å². The normalized spacial score (nSPS) is 19.4. The first-order valence-corrected chi connectivity index (χ1v) is 9.52. The van der Waals surface area contributed by atoms with Crippen LogP contribution in [0.2, 0.25) is 0 Å². The molecule has 28 heavy (non-hydrogen) atoms. The molecular formula is C20H24N6O2. The van der Waals surface area contributed by atoms with Crippen LogP contribution in [0.25, 0.3) is 10.9 Å². The van der Waals surface area contributed by atoms with Crippen LogP contribution in [0, 0.1) is 0 Å². The Morgan fingerprint density at radius 1 is 1.07 bits per heavy atom. The molecule has 4 rings (SSSR count). The van der Waals surface area contributed by atoms with Crippen LogP contribution < -0.4 is 15.5 Å². The maximum atomic E-state index is 12.1. The fraction of sp³-hybridized carbons (Fsp3) is 0.400. The second-order valence-corrected chi connectivity index (χ2v) is 7.33.